The zero-order valence-electron chi connectivity index (χ0n) is 66.1. The van der Waals surface area contributed by atoms with Crippen molar-refractivity contribution >= 4 is 39.5 Å². The third-order valence-electron chi connectivity index (χ3n) is 16.5. The summed E-state index contributed by atoms with van der Waals surface area (Å²) in [4.78, 5) is 73.1. The van der Waals surface area contributed by atoms with Crippen molar-refractivity contribution in [3.8, 4) is 0 Å². The van der Waals surface area contributed by atoms with Crippen LogP contribution in [0.15, 0.2) is 158 Å². The SMILES string of the molecule is CC/C=C\C/C=C\C/C=C\C/C=C\CCCCCCCCC(=O)OCC(COP(=O)(O)OCC(O)COP(=O)(O)OCC(COC(=O)CCCC/C=C\C/C=C\C/C=C\C/C=C\CC)OC(=O)CCCCCCC/C=C\C/C=C\CCCCC)OC(=O)CCCCCCCCC/C=C\C/C=C\C/C=C\CC. The van der Waals surface area contributed by atoms with E-state index < -0.39 is 97.5 Å². The van der Waals surface area contributed by atoms with Gasteiger partial charge in [-0.1, -0.05) is 276 Å². The Kier molecular flexibility index (Phi) is 73.9. The molecule has 17 nitrogen and oxygen atoms in total. The van der Waals surface area contributed by atoms with Crippen LogP contribution in [-0.2, 0) is 65.4 Å². The molecule has 0 radical (unpaired) electrons. The van der Waals surface area contributed by atoms with Crippen LogP contribution in [0.5, 0.6) is 0 Å². The first kappa shape index (κ1) is 101. The van der Waals surface area contributed by atoms with E-state index in [1.807, 2.05) is 0 Å². The lowest BCUT2D eigenvalue weighted by Crippen LogP contribution is -2.30. The van der Waals surface area contributed by atoms with Gasteiger partial charge in [-0.2, -0.15) is 0 Å². The van der Waals surface area contributed by atoms with E-state index in [9.17, 15) is 43.2 Å². The van der Waals surface area contributed by atoms with Gasteiger partial charge in [-0.25, -0.2) is 9.13 Å². The maximum Gasteiger partial charge on any atom is 0.472 e. The number of esters is 4. The zero-order chi connectivity index (χ0) is 77.4. The Balaban J connectivity index is 5.44. The molecule has 0 aromatic carbocycles. The summed E-state index contributed by atoms with van der Waals surface area (Å²) in [5.74, 6) is -2.27. The van der Waals surface area contributed by atoms with Gasteiger partial charge in [-0.05, 0) is 167 Å². The van der Waals surface area contributed by atoms with E-state index in [-0.39, 0.29) is 25.7 Å². The minimum atomic E-state index is -5.00. The molecule has 5 atom stereocenters. The number of unbranched alkanes of at least 4 members (excludes halogenated alkanes) is 23. The number of carbonyl (C=O) groups is 4. The second-order valence-electron chi connectivity index (χ2n) is 26.6. The van der Waals surface area contributed by atoms with Crippen molar-refractivity contribution in [1.82, 2.24) is 0 Å². The smallest absolute Gasteiger partial charge is 0.462 e. The molecule has 0 aliphatic carbocycles. The Morgan fingerprint density at radius 2 is 0.491 bits per heavy atom. The fraction of sp³-hybridized carbons (Fsp3) is 0.655. The third kappa shape index (κ3) is 76.9. The largest absolute Gasteiger partial charge is 0.472 e. The second-order valence-corrected chi connectivity index (χ2v) is 29.5. The van der Waals surface area contributed by atoms with E-state index in [0.717, 1.165) is 212 Å². The summed E-state index contributed by atoms with van der Waals surface area (Å²) in [6.45, 7) is 4.43. The molecule has 0 bridgehead atoms. The number of aliphatic hydroxyl groups is 1. The number of ether oxygens (including phenoxy) is 4. The van der Waals surface area contributed by atoms with Gasteiger partial charge in [0.25, 0.3) is 0 Å². The molecule has 0 saturated heterocycles. The quantitative estimate of drug-likeness (QED) is 0.0169. The van der Waals surface area contributed by atoms with Crippen LogP contribution >= 0.6 is 15.6 Å². The molecule has 0 aromatic rings. The lowest BCUT2D eigenvalue weighted by molar-refractivity contribution is -0.161. The number of aliphatic hydroxyl groups excluding tert-OH is 1. The number of carbonyl (C=O) groups excluding carboxylic acids is 4. The molecule has 19 heteroatoms. The van der Waals surface area contributed by atoms with Gasteiger partial charge in [0.1, 0.15) is 19.3 Å². The summed E-state index contributed by atoms with van der Waals surface area (Å²) in [5, 5.41) is 10.7. The van der Waals surface area contributed by atoms with Crippen molar-refractivity contribution in [3.05, 3.63) is 158 Å². The molecule has 0 spiro atoms. The predicted octanol–water partition coefficient (Wildman–Crippen LogP) is 24.0. The van der Waals surface area contributed by atoms with Gasteiger partial charge in [0.2, 0.25) is 0 Å². The van der Waals surface area contributed by atoms with Crippen LogP contribution in [0, 0.1) is 0 Å². The molecule has 3 N–H and O–H groups in total. The molecular formula is C87H144O17P2. The van der Waals surface area contributed by atoms with Crippen molar-refractivity contribution in [3.63, 3.8) is 0 Å². The number of rotatable bonds is 75. The van der Waals surface area contributed by atoms with Gasteiger partial charge >= 0.3 is 39.5 Å². The third-order valence-corrected chi connectivity index (χ3v) is 18.4. The number of hydrogen-bond donors (Lipinski definition) is 3. The van der Waals surface area contributed by atoms with Crippen LogP contribution in [0.4, 0.5) is 0 Å². The summed E-state index contributed by atoms with van der Waals surface area (Å²) in [6, 6.07) is 0. The maximum absolute atomic E-state index is 13.1. The fourth-order valence-electron chi connectivity index (χ4n) is 10.4. The van der Waals surface area contributed by atoms with Gasteiger partial charge in [0.05, 0.1) is 26.4 Å². The minimum Gasteiger partial charge on any atom is -0.462 e. The minimum absolute atomic E-state index is 0.0653. The second kappa shape index (κ2) is 77.8. The van der Waals surface area contributed by atoms with Crippen LogP contribution in [0.1, 0.15) is 310 Å². The van der Waals surface area contributed by atoms with Crippen molar-refractivity contribution in [2.24, 2.45) is 0 Å². The van der Waals surface area contributed by atoms with Crippen molar-refractivity contribution in [1.29, 1.82) is 0 Å². The lowest BCUT2D eigenvalue weighted by atomic mass is 10.1. The Labute approximate surface area is 642 Å². The van der Waals surface area contributed by atoms with Crippen LogP contribution in [-0.4, -0.2) is 96.7 Å². The van der Waals surface area contributed by atoms with Gasteiger partial charge in [0.15, 0.2) is 12.2 Å². The Hall–Kier alpha value is -5.32. The van der Waals surface area contributed by atoms with Gasteiger partial charge in [0, 0.05) is 25.7 Å². The highest BCUT2D eigenvalue weighted by atomic mass is 31.2. The normalized spacial score (nSPS) is 14.7. The average molecular weight is 1520 g/mol. The Morgan fingerprint density at radius 1 is 0.274 bits per heavy atom. The van der Waals surface area contributed by atoms with E-state index in [1.165, 1.54) is 19.3 Å². The van der Waals surface area contributed by atoms with Gasteiger partial charge in [-0.15, -0.1) is 0 Å². The first-order valence-corrected chi connectivity index (χ1v) is 43.7. The van der Waals surface area contributed by atoms with Crippen molar-refractivity contribution in [2.45, 2.75) is 329 Å². The van der Waals surface area contributed by atoms with Gasteiger partial charge in [-0.3, -0.25) is 37.3 Å². The molecule has 0 saturated carbocycles. The van der Waals surface area contributed by atoms with Crippen molar-refractivity contribution < 1.29 is 80.2 Å². The molecule has 0 aliphatic rings. The summed E-state index contributed by atoms with van der Waals surface area (Å²) in [5.41, 5.74) is 0. The monoisotopic (exact) mass is 1520 g/mol. The molecule has 0 aliphatic heterocycles. The molecule has 0 aromatic heterocycles. The molecule has 5 unspecified atom stereocenters. The van der Waals surface area contributed by atoms with Crippen LogP contribution in [0.25, 0.3) is 0 Å². The lowest BCUT2D eigenvalue weighted by Gasteiger charge is -2.21. The first-order chi connectivity index (χ1) is 51.7. The number of allylic oxidation sites excluding steroid dienone is 26. The molecule has 0 fully saturated rings. The highest BCUT2D eigenvalue weighted by molar-refractivity contribution is 7.47. The summed E-state index contributed by atoms with van der Waals surface area (Å²) >= 11 is 0. The van der Waals surface area contributed by atoms with E-state index >= 15 is 0 Å². The maximum atomic E-state index is 13.1. The Morgan fingerprint density at radius 3 is 0.774 bits per heavy atom. The van der Waals surface area contributed by atoms with Crippen LogP contribution < -0.4 is 0 Å². The molecule has 0 heterocycles. The fourth-order valence-corrected chi connectivity index (χ4v) is 11.9. The van der Waals surface area contributed by atoms with Crippen LogP contribution in [0.2, 0.25) is 0 Å². The van der Waals surface area contributed by atoms with E-state index in [0.29, 0.717) is 25.7 Å². The molecule has 0 amide bonds. The number of phosphoric ester groups is 2. The van der Waals surface area contributed by atoms with Gasteiger partial charge < -0.3 is 33.8 Å². The Bertz CT molecular complexity index is 2630. The predicted molar refractivity (Wildman–Crippen MR) is 436 cm³/mol. The molecule has 0 rings (SSSR count). The topological polar surface area (TPSA) is 237 Å². The van der Waals surface area contributed by atoms with Crippen LogP contribution in [0.3, 0.4) is 0 Å². The van der Waals surface area contributed by atoms with E-state index in [4.69, 9.17) is 37.0 Å². The average Bonchev–Trinajstić information content (AvgIpc) is 0.902. The van der Waals surface area contributed by atoms with E-state index in [2.05, 4.69) is 186 Å². The number of phosphoric acid groups is 2. The molecule has 604 valence electrons. The van der Waals surface area contributed by atoms with E-state index in [1.54, 1.807) is 0 Å². The summed E-state index contributed by atoms with van der Waals surface area (Å²) < 4.78 is 68.6. The van der Waals surface area contributed by atoms with Crippen molar-refractivity contribution in [2.75, 3.05) is 39.6 Å². The number of hydrogen-bond acceptors (Lipinski definition) is 15. The standard InChI is InChI=1S/C87H144O17P2/c1-5-9-13-17-21-25-29-33-37-39-40-42-45-48-52-56-60-64-68-72-85(90)98-78-83(104-87(92)74-70-66-62-58-54-50-46-41-38-34-30-26-22-18-14-10-6-2)80-102-106(95,96)100-76-81(88)75-99-105(93,94)101-79-82(103-86(91)73-69-65-61-57-53-49-44-36-32-28-24-20-16-12-8-4)77-97-84(89)71-67-63-59-55-51-47-43-35-31-27-23-19-15-11-7-3/h9-11,13-15,21-28,33-38,40,42-44,51,55,81-83,88H,5-8,12,16-20,29-32,39,41,45-50,52-54,56-80H2,1-4H3,(H,93,94)(H,95,96)/b13-9-,14-10-,15-11-,25-21-,26-22-,27-23-,28-24-,37-33-,38-34-,42-40-,43-35-,44-36-,55-51-. The highest BCUT2D eigenvalue weighted by Gasteiger charge is 2.30. The molecular weight excluding hydrogens is 1380 g/mol. The first-order valence-electron chi connectivity index (χ1n) is 40.7. The molecule has 106 heavy (non-hydrogen) atoms. The highest BCUT2D eigenvalue weighted by Crippen LogP contribution is 2.45. The summed E-state index contributed by atoms with van der Waals surface area (Å²) in [7, 11) is -9.99. The summed E-state index contributed by atoms with van der Waals surface area (Å²) in [6.07, 6.45) is 90.7. The zero-order valence-corrected chi connectivity index (χ0v) is 67.8.